The van der Waals surface area contributed by atoms with E-state index >= 15 is 0 Å². The van der Waals surface area contributed by atoms with E-state index in [0.717, 1.165) is 6.42 Å². The van der Waals surface area contributed by atoms with Gasteiger partial charge < -0.3 is 4.98 Å². The van der Waals surface area contributed by atoms with Gasteiger partial charge in [-0.15, -0.1) is 0 Å². The van der Waals surface area contributed by atoms with Crippen molar-refractivity contribution >= 4 is 17.0 Å². The van der Waals surface area contributed by atoms with Gasteiger partial charge in [-0.2, -0.15) is 0 Å². The molecule has 0 amide bonds. The van der Waals surface area contributed by atoms with Gasteiger partial charge >= 0.3 is 0 Å². The van der Waals surface area contributed by atoms with Crippen LogP contribution < -0.4 is 0 Å². The van der Waals surface area contributed by atoms with Crippen molar-refractivity contribution in [1.29, 1.82) is 0 Å². The summed E-state index contributed by atoms with van der Waals surface area (Å²) in [7, 11) is 0. The Kier molecular flexibility index (Phi) is 1.21. The maximum atomic E-state index is 3.43. The Balaban J connectivity index is 2.39. The fourth-order valence-electron chi connectivity index (χ4n) is 2.11. The summed E-state index contributed by atoms with van der Waals surface area (Å²) in [6, 6.07) is 8.50. The van der Waals surface area contributed by atoms with E-state index in [4.69, 9.17) is 0 Å². The van der Waals surface area contributed by atoms with E-state index in [1.54, 1.807) is 0 Å². The molecule has 1 aliphatic rings. The van der Waals surface area contributed by atoms with Crippen LogP contribution in [-0.4, -0.2) is 4.98 Å². The number of aromatic nitrogens is 1. The van der Waals surface area contributed by atoms with Gasteiger partial charge in [0.1, 0.15) is 0 Å². The first-order chi connectivity index (χ1) is 6.34. The molecule has 3 rings (SSSR count). The average molecular weight is 169 g/mol. The Labute approximate surface area is 77.1 Å². The van der Waals surface area contributed by atoms with Crippen molar-refractivity contribution in [3.63, 3.8) is 0 Å². The molecule has 1 aromatic heterocycles. The minimum atomic E-state index is 1.11. The van der Waals surface area contributed by atoms with E-state index in [1.807, 2.05) is 0 Å². The molecule has 0 saturated carbocycles. The molecule has 0 spiro atoms. The summed E-state index contributed by atoms with van der Waals surface area (Å²) >= 11 is 0. The lowest BCUT2D eigenvalue weighted by Gasteiger charge is -1.93. The maximum Gasteiger partial charge on any atom is 0.0461 e. The van der Waals surface area contributed by atoms with Gasteiger partial charge in [0.05, 0.1) is 0 Å². The van der Waals surface area contributed by atoms with E-state index in [-0.39, 0.29) is 0 Å². The number of fused-ring (bicyclic) bond motifs is 3. The first-order valence-corrected chi connectivity index (χ1v) is 4.61. The van der Waals surface area contributed by atoms with E-state index in [1.165, 1.54) is 27.7 Å². The summed E-state index contributed by atoms with van der Waals surface area (Å²) in [6.45, 7) is 2.18. The van der Waals surface area contributed by atoms with Gasteiger partial charge in [-0.3, -0.25) is 0 Å². The second-order valence-electron chi connectivity index (χ2n) is 3.73. The van der Waals surface area contributed by atoms with Gasteiger partial charge in [0.2, 0.25) is 0 Å². The van der Waals surface area contributed by atoms with Crippen molar-refractivity contribution in [3.05, 3.63) is 41.1 Å². The summed E-state index contributed by atoms with van der Waals surface area (Å²) < 4.78 is 0. The van der Waals surface area contributed by atoms with Crippen molar-refractivity contribution in [3.8, 4) is 0 Å². The lowest BCUT2D eigenvalue weighted by Crippen LogP contribution is -1.78. The second-order valence-corrected chi connectivity index (χ2v) is 3.73. The average Bonchev–Trinajstić information content (AvgIpc) is 2.60. The normalized spacial score (nSPS) is 14.7. The molecule has 2 aromatic rings. The minimum Gasteiger partial charge on any atom is -0.355 e. The first-order valence-electron chi connectivity index (χ1n) is 4.61. The highest BCUT2D eigenvalue weighted by atomic mass is 14.7. The monoisotopic (exact) mass is 169 g/mol. The summed E-state index contributed by atoms with van der Waals surface area (Å²) in [5.74, 6) is 0. The zero-order valence-electron chi connectivity index (χ0n) is 7.59. The van der Waals surface area contributed by atoms with Crippen molar-refractivity contribution in [2.45, 2.75) is 13.3 Å². The molecule has 0 bridgehead atoms. The lowest BCUT2D eigenvalue weighted by molar-refractivity contribution is 1.21. The van der Waals surface area contributed by atoms with Crippen LogP contribution in [0, 0.1) is 0 Å². The molecule has 13 heavy (non-hydrogen) atoms. The van der Waals surface area contributed by atoms with E-state index < -0.39 is 0 Å². The molecule has 0 saturated heterocycles. The predicted molar refractivity (Wildman–Crippen MR) is 55.7 cm³/mol. The molecular formula is C12H11N. The third-order valence-electron chi connectivity index (χ3n) is 2.69. The predicted octanol–water partition coefficient (Wildman–Crippen LogP) is 3.13. The molecule has 1 heteroatoms. The summed E-state index contributed by atoms with van der Waals surface area (Å²) in [4.78, 5) is 3.43. The quantitative estimate of drug-likeness (QED) is 0.623. The molecule has 1 nitrogen and oxygen atoms in total. The lowest BCUT2D eigenvalue weighted by atomic mass is 10.1. The molecule has 64 valence electrons. The number of benzene rings is 1. The van der Waals surface area contributed by atoms with Crippen LogP contribution in [0.3, 0.4) is 0 Å². The van der Waals surface area contributed by atoms with E-state index in [9.17, 15) is 0 Å². The molecule has 0 fully saturated rings. The molecule has 1 aliphatic carbocycles. The third-order valence-corrected chi connectivity index (χ3v) is 2.69. The van der Waals surface area contributed by atoms with E-state index in [2.05, 4.69) is 42.2 Å². The van der Waals surface area contributed by atoms with E-state index in [0.29, 0.717) is 0 Å². The molecule has 1 aromatic carbocycles. The van der Waals surface area contributed by atoms with Gasteiger partial charge in [-0.05, 0) is 31.1 Å². The van der Waals surface area contributed by atoms with Crippen molar-refractivity contribution in [2.24, 2.45) is 0 Å². The topological polar surface area (TPSA) is 15.8 Å². The first kappa shape index (κ1) is 6.96. The molecule has 0 unspecified atom stereocenters. The molecule has 1 N–H and O–H groups in total. The van der Waals surface area contributed by atoms with Crippen molar-refractivity contribution in [2.75, 3.05) is 0 Å². The Morgan fingerprint density at radius 2 is 2.08 bits per heavy atom. The Morgan fingerprint density at radius 3 is 3.00 bits per heavy atom. The van der Waals surface area contributed by atoms with Crippen LogP contribution >= 0.6 is 0 Å². The van der Waals surface area contributed by atoms with Crippen LogP contribution in [0.5, 0.6) is 0 Å². The molecule has 0 radical (unpaired) electrons. The Morgan fingerprint density at radius 1 is 1.23 bits per heavy atom. The van der Waals surface area contributed by atoms with Crippen LogP contribution in [-0.2, 0) is 6.42 Å². The largest absolute Gasteiger partial charge is 0.355 e. The highest BCUT2D eigenvalue weighted by molar-refractivity contribution is 5.89. The smallest absolute Gasteiger partial charge is 0.0461 e. The number of rotatable bonds is 0. The summed E-state index contributed by atoms with van der Waals surface area (Å²) in [5, 5.41) is 1.38. The highest BCUT2D eigenvalue weighted by Crippen LogP contribution is 2.31. The van der Waals surface area contributed by atoms with Crippen molar-refractivity contribution < 1.29 is 0 Å². The fourth-order valence-corrected chi connectivity index (χ4v) is 2.11. The SMILES string of the molecule is CC1=Cc2[nH]c3ccccc3c2C1. The van der Waals surface area contributed by atoms with Gasteiger partial charge in [-0.1, -0.05) is 23.8 Å². The number of hydrogen-bond donors (Lipinski definition) is 1. The zero-order valence-corrected chi connectivity index (χ0v) is 7.59. The summed E-state index contributed by atoms with van der Waals surface area (Å²) in [5.41, 5.74) is 5.48. The summed E-state index contributed by atoms with van der Waals surface area (Å²) in [6.07, 6.45) is 3.36. The Hall–Kier alpha value is -1.50. The maximum absolute atomic E-state index is 3.43. The van der Waals surface area contributed by atoms with Gasteiger partial charge in [-0.25, -0.2) is 0 Å². The van der Waals surface area contributed by atoms with Crippen molar-refractivity contribution in [1.82, 2.24) is 4.98 Å². The molecule has 0 aliphatic heterocycles. The van der Waals surface area contributed by atoms with Crippen LogP contribution in [0.15, 0.2) is 29.8 Å². The molecule has 0 atom stereocenters. The van der Waals surface area contributed by atoms with Crippen LogP contribution in [0.2, 0.25) is 0 Å². The number of nitrogens with one attached hydrogen (secondary N) is 1. The number of allylic oxidation sites excluding steroid dienone is 1. The Bertz CT molecular complexity index is 503. The highest BCUT2D eigenvalue weighted by Gasteiger charge is 2.14. The van der Waals surface area contributed by atoms with Gasteiger partial charge in [0.15, 0.2) is 0 Å². The minimum absolute atomic E-state index is 1.11. The number of para-hydroxylation sites is 1. The standard InChI is InChI=1S/C12H11N/c1-8-6-10-9-4-2-3-5-11(9)13-12(10)7-8/h2-5,7,13H,6H2,1H3. The molecular weight excluding hydrogens is 158 g/mol. The zero-order chi connectivity index (χ0) is 8.84. The third kappa shape index (κ3) is 0.872. The second kappa shape index (κ2) is 2.25. The fraction of sp³-hybridized carbons (Fsp3) is 0.167. The number of H-pyrrole nitrogens is 1. The van der Waals surface area contributed by atoms with Crippen LogP contribution in [0.1, 0.15) is 18.2 Å². The number of hydrogen-bond acceptors (Lipinski definition) is 0. The van der Waals surface area contributed by atoms with Crippen LogP contribution in [0.25, 0.3) is 17.0 Å². The van der Waals surface area contributed by atoms with Crippen LogP contribution in [0.4, 0.5) is 0 Å². The van der Waals surface area contributed by atoms with Gasteiger partial charge in [0, 0.05) is 16.6 Å². The van der Waals surface area contributed by atoms with Gasteiger partial charge in [0.25, 0.3) is 0 Å². The number of aromatic amines is 1. The molecule has 1 heterocycles.